The zero-order valence-corrected chi connectivity index (χ0v) is 15.3. The molecule has 0 aromatic carbocycles. The average Bonchev–Trinajstić information content (AvgIpc) is 2.52. The van der Waals surface area contributed by atoms with E-state index in [1.807, 2.05) is 26.0 Å². The molecule has 0 aliphatic heterocycles. The van der Waals surface area contributed by atoms with Gasteiger partial charge >= 0.3 is 0 Å². The van der Waals surface area contributed by atoms with Crippen LogP contribution in [0.25, 0.3) is 11.3 Å². The van der Waals surface area contributed by atoms with Crippen LogP contribution in [0.2, 0.25) is 0 Å². The second-order valence-corrected chi connectivity index (χ2v) is 7.13. The van der Waals surface area contributed by atoms with Crippen LogP contribution in [-0.4, -0.2) is 27.1 Å². The van der Waals surface area contributed by atoms with E-state index in [2.05, 4.69) is 35.7 Å². The summed E-state index contributed by atoms with van der Waals surface area (Å²) in [6.07, 6.45) is 5.18. The van der Waals surface area contributed by atoms with Crippen molar-refractivity contribution in [2.45, 2.75) is 53.0 Å². The van der Waals surface area contributed by atoms with E-state index in [1.165, 1.54) is 0 Å². The molecule has 2 aromatic rings. The number of aromatic nitrogens is 3. The van der Waals surface area contributed by atoms with E-state index in [9.17, 15) is 0 Å². The quantitative estimate of drug-likeness (QED) is 0.841. The molecule has 0 amide bonds. The van der Waals surface area contributed by atoms with Gasteiger partial charge in [0.15, 0.2) is 0 Å². The third-order valence-corrected chi connectivity index (χ3v) is 3.83. The Balaban J connectivity index is 2.12. The van der Waals surface area contributed by atoms with Crippen LogP contribution in [0.1, 0.15) is 45.4 Å². The van der Waals surface area contributed by atoms with Crippen molar-refractivity contribution in [2.24, 2.45) is 11.7 Å². The molecule has 0 radical (unpaired) electrons. The van der Waals surface area contributed by atoms with Gasteiger partial charge < -0.3 is 10.5 Å². The van der Waals surface area contributed by atoms with Crippen molar-refractivity contribution in [3.8, 4) is 17.1 Å². The van der Waals surface area contributed by atoms with Crippen LogP contribution in [0, 0.1) is 12.8 Å². The molecule has 1 unspecified atom stereocenters. The number of ether oxygens (including phenoxy) is 1. The number of hydrogen-bond acceptors (Lipinski definition) is 5. The topological polar surface area (TPSA) is 73.9 Å². The van der Waals surface area contributed by atoms with Gasteiger partial charge in [0.1, 0.15) is 12.9 Å². The van der Waals surface area contributed by atoms with Crippen molar-refractivity contribution in [3.63, 3.8) is 0 Å². The molecule has 0 saturated heterocycles. The Hall–Kier alpha value is -2.01. The second-order valence-electron chi connectivity index (χ2n) is 7.13. The largest absolute Gasteiger partial charge is 0.476 e. The molecule has 24 heavy (non-hydrogen) atoms. The highest BCUT2D eigenvalue weighted by atomic mass is 16.5. The molecule has 0 spiro atoms. The normalized spacial score (nSPS) is 13.8. The first-order valence-corrected chi connectivity index (χ1v) is 8.50. The average molecular weight is 328 g/mol. The van der Waals surface area contributed by atoms with Crippen LogP contribution in [0.3, 0.4) is 0 Å². The van der Waals surface area contributed by atoms with Crippen LogP contribution < -0.4 is 10.5 Å². The summed E-state index contributed by atoms with van der Waals surface area (Å²) in [5.74, 6) is 1.16. The predicted molar refractivity (Wildman–Crippen MR) is 96.9 cm³/mol. The first-order chi connectivity index (χ1) is 11.3. The van der Waals surface area contributed by atoms with Crippen LogP contribution in [0.5, 0.6) is 5.88 Å². The molecule has 130 valence electrons. The van der Waals surface area contributed by atoms with Crippen LogP contribution >= 0.6 is 0 Å². The summed E-state index contributed by atoms with van der Waals surface area (Å²) in [5.41, 5.74) is 9.79. The maximum Gasteiger partial charge on any atom is 0.216 e. The van der Waals surface area contributed by atoms with Crippen molar-refractivity contribution in [2.75, 3.05) is 6.61 Å². The van der Waals surface area contributed by atoms with Gasteiger partial charge in [-0.1, -0.05) is 20.8 Å². The molecule has 5 heteroatoms. The van der Waals surface area contributed by atoms with E-state index >= 15 is 0 Å². The molecule has 2 N–H and O–H groups in total. The molecule has 0 aliphatic carbocycles. The lowest BCUT2D eigenvalue weighted by Gasteiger charge is -2.26. The lowest BCUT2D eigenvalue weighted by molar-refractivity contribution is 0.199. The summed E-state index contributed by atoms with van der Waals surface area (Å²) in [6.45, 7) is 10.9. The van der Waals surface area contributed by atoms with Gasteiger partial charge in [0.05, 0.1) is 5.69 Å². The summed E-state index contributed by atoms with van der Waals surface area (Å²) in [7, 11) is 0. The van der Waals surface area contributed by atoms with E-state index in [0.717, 1.165) is 35.4 Å². The summed E-state index contributed by atoms with van der Waals surface area (Å²) in [5, 5.41) is 0. The summed E-state index contributed by atoms with van der Waals surface area (Å²) in [4.78, 5) is 13.0. The van der Waals surface area contributed by atoms with Crippen molar-refractivity contribution in [1.29, 1.82) is 0 Å². The van der Waals surface area contributed by atoms with Gasteiger partial charge in [0.25, 0.3) is 0 Å². The molecule has 2 rings (SSSR count). The van der Waals surface area contributed by atoms with Gasteiger partial charge in [-0.2, -0.15) is 0 Å². The van der Waals surface area contributed by atoms with Gasteiger partial charge in [-0.15, -0.1) is 0 Å². The minimum Gasteiger partial charge on any atom is -0.476 e. The van der Waals surface area contributed by atoms with Gasteiger partial charge in [0.2, 0.25) is 5.88 Å². The van der Waals surface area contributed by atoms with E-state index in [-0.39, 0.29) is 5.54 Å². The maximum absolute atomic E-state index is 6.30. The Kier molecular flexibility index (Phi) is 5.89. The number of nitrogens with two attached hydrogens (primary N) is 1. The standard InChI is InChI=1S/C19H28N4O/c1-6-16-8-17(23-12-22-16)15-7-14(4)18(21-10-15)24-11-19(5,20)9-13(2)3/h7-8,10,12-13H,6,9,11,20H2,1-5H3. The SMILES string of the molecule is CCc1cc(-c2cnc(OCC(C)(N)CC(C)C)c(C)c2)ncn1. The first kappa shape index (κ1) is 18.3. The molecule has 5 nitrogen and oxygen atoms in total. The molecule has 0 aliphatic rings. The Morgan fingerprint density at radius 2 is 1.96 bits per heavy atom. The number of nitrogens with zero attached hydrogens (tertiary/aromatic N) is 3. The maximum atomic E-state index is 6.30. The Morgan fingerprint density at radius 3 is 2.58 bits per heavy atom. The number of hydrogen-bond donors (Lipinski definition) is 1. The smallest absolute Gasteiger partial charge is 0.216 e. The van der Waals surface area contributed by atoms with E-state index in [0.29, 0.717) is 18.4 Å². The number of pyridine rings is 1. The molecule has 2 heterocycles. The molecule has 2 aromatic heterocycles. The minimum atomic E-state index is -0.357. The number of rotatable bonds is 7. The van der Waals surface area contributed by atoms with Gasteiger partial charge in [-0.25, -0.2) is 15.0 Å². The zero-order valence-electron chi connectivity index (χ0n) is 15.3. The molecule has 0 saturated carbocycles. The van der Waals surface area contributed by atoms with Crippen LogP contribution in [-0.2, 0) is 6.42 Å². The highest BCUT2D eigenvalue weighted by molar-refractivity contribution is 5.59. The van der Waals surface area contributed by atoms with E-state index in [1.54, 1.807) is 12.5 Å². The van der Waals surface area contributed by atoms with Crippen molar-refractivity contribution in [3.05, 3.63) is 35.9 Å². The zero-order chi connectivity index (χ0) is 17.7. The van der Waals surface area contributed by atoms with Crippen LogP contribution in [0.15, 0.2) is 24.7 Å². The molecular weight excluding hydrogens is 300 g/mol. The fraction of sp³-hybridized carbons (Fsp3) is 0.526. The first-order valence-electron chi connectivity index (χ1n) is 8.50. The van der Waals surface area contributed by atoms with Crippen molar-refractivity contribution >= 4 is 0 Å². The van der Waals surface area contributed by atoms with E-state index < -0.39 is 0 Å². The Morgan fingerprint density at radius 1 is 1.21 bits per heavy atom. The predicted octanol–water partition coefficient (Wildman–Crippen LogP) is 3.55. The van der Waals surface area contributed by atoms with E-state index in [4.69, 9.17) is 10.5 Å². The van der Waals surface area contributed by atoms with Crippen LogP contribution in [0.4, 0.5) is 0 Å². The van der Waals surface area contributed by atoms with Crippen molar-refractivity contribution < 1.29 is 4.74 Å². The molecule has 0 fully saturated rings. The minimum absolute atomic E-state index is 0.357. The Labute approximate surface area is 144 Å². The highest BCUT2D eigenvalue weighted by Crippen LogP contribution is 2.24. The third kappa shape index (κ3) is 4.99. The molecular formula is C19H28N4O. The summed E-state index contributed by atoms with van der Waals surface area (Å²) >= 11 is 0. The second kappa shape index (κ2) is 7.71. The summed E-state index contributed by atoms with van der Waals surface area (Å²) in [6, 6.07) is 4.04. The molecule has 0 bridgehead atoms. The highest BCUT2D eigenvalue weighted by Gasteiger charge is 2.21. The summed E-state index contributed by atoms with van der Waals surface area (Å²) < 4.78 is 5.87. The molecule has 1 atom stereocenters. The monoisotopic (exact) mass is 328 g/mol. The fourth-order valence-electron chi connectivity index (χ4n) is 2.83. The number of aryl methyl sites for hydroxylation is 2. The third-order valence-electron chi connectivity index (χ3n) is 3.83. The lowest BCUT2D eigenvalue weighted by Crippen LogP contribution is -2.43. The van der Waals surface area contributed by atoms with Gasteiger partial charge in [0, 0.05) is 28.6 Å². The fourth-order valence-corrected chi connectivity index (χ4v) is 2.83. The van der Waals surface area contributed by atoms with Gasteiger partial charge in [-0.05, 0) is 44.7 Å². The van der Waals surface area contributed by atoms with Gasteiger partial charge in [-0.3, -0.25) is 0 Å². The Bertz CT molecular complexity index is 683. The lowest BCUT2D eigenvalue weighted by atomic mass is 9.93. The van der Waals surface area contributed by atoms with Crippen molar-refractivity contribution in [1.82, 2.24) is 15.0 Å².